The van der Waals surface area contributed by atoms with E-state index < -0.39 is 11.5 Å². The zero-order valence-corrected chi connectivity index (χ0v) is 21.4. The van der Waals surface area contributed by atoms with Crippen LogP contribution in [-0.4, -0.2) is 39.8 Å². The molecule has 186 valence electrons. The fraction of sp³-hybridized carbons (Fsp3) is 0.630. The van der Waals surface area contributed by atoms with Crippen LogP contribution >= 0.6 is 11.6 Å². The van der Waals surface area contributed by atoms with Crippen molar-refractivity contribution in [3.63, 3.8) is 0 Å². The third-order valence-corrected chi connectivity index (χ3v) is 8.36. The van der Waals surface area contributed by atoms with Crippen LogP contribution in [0.5, 0.6) is 0 Å². The molecule has 0 saturated heterocycles. The lowest BCUT2D eigenvalue weighted by Gasteiger charge is -2.50. The van der Waals surface area contributed by atoms with Crippen LogP contribution in [0.4, 0.5) is 4.79 Å². The number of carbonyl (C=O) groups is 2. The van der Waals surface area contributed by atoms with Crippen LogP contribution in [0.2, 0.25) is 5.02 Å². The van der Waals surface area contributed by atoms with Crippen LogP contribution < -0.4 is 5.32 Å². The minimum atomic E-state index is -0.798. The van der Waals surface area contributed by atoms with Gasteiger partial charge in [-0.3, -0.25) is 9.69 Å². The van der Waals surface area contributed by atoms with E-state index in [0.29, 0.717) is 17.9 Å². The van der Waals surface area contributed by atoms with E-state index in [2.05, 4.69) is 38.2 Å². The molecule has 1 aliphatic heterocycles. The van der Waals surface area contributed by atoms with E-state index in [-0.39, 0.29) is 41.8 Å². The van der Waals surface area contributed by atoms with Crippen molar-refractivity contribution in [2.24, 2.45) is 23.2 Å². The first-order chi connectivity index (χ1) is 15.9. The van der Waals surface area contributed by atoms with Crippen molar-refractivity contribution >= 4 is 23.6 Å². The highest BCUT2D eigenvalue weighted by molar-refractivity contribution is 6.31. The van der Waals surface area contributed by atoms with Gasteiger partial charge in [-0.2, -0.15) is 0 Å². The second-order valence-electron chi connectivity index (χ2n) is 11.8. The Morgan fingerprint density at radius 1 is 1.24 bits per heavy atom. The average molecular weight is 489 g/mol. The number of hydrogen-bond acceptors (Lipinski definition) is 3. The third kappa shape index (κ3) is 4.85. The maximum absolute atomic E-state index is 13.2. The number of amides is 2. The predicted octanol–water partition coefficient (Wildman–Crippen LogP) is 5.32. The normalized spacial score (nSPS) is 31.3. The predicted molar refractivity (Wildman–Crippen MR) is 132 cm³/mol. The summed E-state index contributed by atoms with van der Waals surface area (Å²) in [6, 6.07) is 5.82. The molecular weight excluding hydrogens is 452 g/mol. The lowest BCUT2D eigenvalue weighted by atomic mass is 9.65. The fourth-order valence-corrected chi connectivity index (χ4v) is 5.71. The van der Waals surface area contributed by atoms with E-state index in [1.54, 1.807) is 4.90 Å². The number of aryl methyl sites for hydroxylation is 1. The Morgan fingerprint density at radius 3 is 2.47 bits per heavy atom. The van der Waals surface area contributed by atoms with Gasteiger partial charge in [-0.1, -0.05) is 44.5 Å². The highest BCUT2D eigenvalue weighted by atomic mass is 35.5. The van der Waals surface area contributed by atoms with Gasteiger partial charge in [0, 0.05) is 23.9 Å². The van der Waals surface area contributed by atoms with Crippen LogP contribution in [0, 0.1) is 23.2 Å². The Kier molecular flexibility index (Phi) is 6.78. The Balaban J connectivity index is 1.62. The van der Waals surface area contributed by atoms with Gasteiger partial charge in [0.05, 0.1) is 11.5 Å². The summed E-state index contributed by atoms with van der Waals surface area (Å²) in [4.78, 5) is 26.2. The summed E-state index contributed by atoms with van der Waals surface area (Å²) < 4.78 is 0. The molecule has 7 heteroatoms. The number of aliphatic hydroxyl groups is 1. The smallest absolute Gasteiger partial charge is 0.322 e. The highest BCUT2D eigenvalue weighted by Gasteiger charge is 2.48. The van der Waals surface area contributed by atoms with Gasteiger partial charge < -0.3 is 15.5 Å². The number of aliphatic carboxylic acids is 1. The molecule has 1 heterocycles. The minimum Gasteiger partial charge on any atom is -0.481 e. The number of benzene rings is 1. The molecule has 34 heavy (non-hydrogen) atoms. The molecule has 2 aliphatic carbocycles. The van der Waals surface area contributed by atoms with Crippen molar-refractivity contribution in [1.29, 1.82) is 0 Å². The average Bonchev–Trinajstić information content (AvgIpc) is 2.67. The van der Waals surface area contributed by atoms with Gasteiger partial charge >= 0.3 is 12.0 Å². The van der Waals surface area contributed by atoms with Crippen LogP contribution in [0.25, 0.3) is 0 Å². The van der Waals surface area contributed by atoms with Crippen LogP contribution in [0.15, 0.2) is 30.0 Å². The van der Waals surface area contributed by atoms with E-state index in [1.165, 1.54) is 0 Å². The van der Waals surface area contributed by atoms with Crippen LogP contribution in [0.3, 0.4) is 0 Å². The third-order valence-electron chi connectivity index (χ3n) is 8.01. The first-order valence-corrected chi connectivity index (χ1v) is 12.7. The van der Waals surface area contributed by atoms with E-state index in [0.717, 1.165) is 42.4 Å². The van der Waals surface area contributed by atoms with Crippen molar-refractivity contribution in [2.45, 2.75) is 77.8 Å². The number of rotatable bonds is 7. The van der Waals surface area contributed by atoms with Gasteiger partial charge in [-0.15, -0.1) is 0 Å². The topological polar surface area (TPSA) is 89.9 Å². The number of nitrogens with zero attached hydrogens (tertiary/aromatic N) is 1. The highest BCUT2D eigenvalue weighted by Crippen LogP contribution is 2.48. The number of halogens is 1. The molecule has 0 bridgehead atoms. The first kappa shape index (κ1) is 25.1. The lowest BCUT2D eigenvalue weighted by Crippen LogP contribution is -2.60. The molecule has 3 aliphatic rings. The SMILES string of the molecule is CC(C)(C)CCc1ccc([C@]2(C)NC(=O)N(C3CC(C(=O)O)C3)C=C2C2CC(CO)C2)cc1Cl. The minimum absolute atomic E-state index is 0.0993. The number of aliphatic hydroxyl groups excluding tert-OH is 1. The van der Waals surface area contributed by atoms with Crippen molar-refractivity contribution < 1.29 is 19.8 Å². The van der Waals surface area contributed by atoms with E-state index in [9.17, 15) is 19.8 Å². The zero-order valence-electron chi connectivity index (χ0n) is 20.6. The number of carboxylic acid groups (broad SMARTS) is 1. The number of hydrogen-bond donors (Lipinski definition) is 3. The Hall–Kier alpha value is -2.05. The fourth-order valence-electron chi connectivity index (χ4n) is 5.44. The maximum Gasteiger partial charge on any atom is 0.322 e. The van der Waals surface area contributed by atoms with E-state index >= 15 is 0 Å². The van der Waals surface area contributed by atoms with Crippen molar-refractivity contribution in [3.05, 3.63) is 46.1 Å². The van der Waals surface area contributed by atoms with Gasteiger partial charge in [0.25, 0.3) is 0 Å². The van der Waals surface area contributed by atoms with Crippen molar-refractivity contribution in [3.8, 4) is 0 Å². The molecule has 0 spiro atoms. The van der Waals surface area contributed by atoms with Crippen LogP contribution in [0.1, 0.15) is 70.9 Å². The summed E-state index contributed by atoms with van der Waals surface area (Å²) in [5.41, 5.74) is 2.67. The first-order valence-electron chi connectivity index (χ1n) is 12.4. The summed E-state index contributed by atoms with van der Waals surface area (Å²) in [7, 11) is 0. The van der Waals surface area contributed by atoms with Gasteiger partial charge in [0.15, 0.2) is 0 Å². The Morgan fingerprint density at radius 2 is 1.91 bits per heavy atom. The molecule has 2 saturated carbocycles. The molecule has 6 nitrogen and oxygen atoms in total. The second kappa shape index (κ2) is 9.19. The largest absolute Gasteiger partial charge is 0.481 e. The molecule has 0 radical (unpaired) electrons. The Bertz CT molecular complexity index is 989. The molecule has 3 N–H and O–H groups in total. The van der Waals surface area contributed by atoms with Crippen molar-refractivity contribution in [1.82, 2.24) is 10.2 Å². The van der Waals surface area contributed by atoms with Gasteiger partial charge in [-0.05, 0) is 85.5 Å². The molecule has 2 fully saturated rings. The summed E-state index contributed by atoms with van der Waals surface area (Å²) in [5.74, 6) is -0.650. The molecule has 4 rings (SSSR count). The standard InChI is InChI=1S/C27H37ClN2O4/c1-26(2,3)8-7-17-5-6-20(13-23(17)28)27(4)22(18-9-16(10-18)15-31)14-30(25(34)29-27)21-11-19(12-21)24(32)33/h5-6,13-14,16,18-19,21,31H,7-12,15H2,1-4H3,(H,29,34)(H,32,33)/t16?,18?,19?,21?,27-/m0/s1. The number of urea groups is 1. The number of carbonyl (C=O) groups excluding carboxylic acids is 1. The lowest BCUT2D eigenvalue weighted by molar-refractivity contribution is -0.146. The number of carboxylic acids is 1. The molecule has 2 amide bonds. The van der Waals surface area contributed by atoms with E-state index in [4.69, 9.17) is 11.6 Å². The summed E-state index contributed by atoms with van der Waals surface area (Å²) >= 11 is 6.72. The van der Waals surface area contributed by atoms with Gasteiger partial charge in [0.2, 0.25) is 0 Å². The summed E-state index contributed by atoms with van der Waals surface area (Å²) in [5, 5.41) is 22.8. The maximum atomic E-state index is 13.2. The molecule has 1 aromatic carbocycles. The zero-order chi connectivity index (χ0) is 24.8. The number of nitrogens with one attached hydrogen (secondary N) is 1. The molecule has 1 atom stereocenters. The second-order valence-corrected chi connectivity index (χ2v) is 12.2. The molecular formula is C27H37ClN2O4. The quantitative estimate of drug-likeness (QED) is 0.484. The van der Waals surface area contributed by atoms with Crippen molar-refractivity contribution in [2.75, 3.05) is 6.61 Å². The molecule has 0 unspecified atom stereocenters. The van der Waals surface area contributed by atoms with Gasteiger partial charge in [-0.25, -0.2) is 4.79 Å². The van der Waals surface area contributed by atoms with Gasteiger partial charge in [0.1, 0.15) is 0 Å². The Labute approximate surface area is 207 Å². The monoisotopic (exact) mass is 488 g/mol. The van der Waals surface area contributed by atoms with Crippen LogP contribution in [-0.2, 0) is 16.8 Å². The summed E-state index contributed by atoms with van der Waals surface area (Å²) in [6.07, 6.45) is 6.59. The molecule has 0 aromatic heterocycles. The van der Waals surface area contributed by atoms with E-state index in [1.807, 2.05) is 19.2 Å². The molecule has 1 aromatic rings. The summed E-state index contributed by atoms with van der Waals surface area (Å²) in [6.45, 7) is 8.86.